The highest BCUT2D eigenvalue weighted by Gasteiger charge is 2.29. The summed E-state index contributed by atoms with van der Waals surface area (Å²) in [6, 6.07) is 2.16. The fourth-order valence-corrected chi connectivity index (χ4v) is 3.24. The third-order valence-corrected chi connectivity index (χ3v) is 4.57. The molecule has 0 saturated carbocycles. The average Bonchev–Trinajstić information content (AvgIpc) is 3.25. The van der Waals surface area contributed by atoms with E-state index in [4.69, 9.17) is 9.47 Å². The quantitative estimate of drug-likeness (QED) is 0.666. The molecule has 0 aromatic carbocycles. The van der Waals surface area contributed by atoms with Crippen LogP contribution in [0.15, 0.2) is 88.3 Å². The van der Waals surface area contributed by atoms with Gasteiger partial charge in [0.25, 0.3) is 0 Å². The molecule has 0 N–H and O–H groups in total. The number of ether oxygens (including phenoxy) is 2. The molecular weight excluding hydrogens is 326 g/mol. The molecule has 0 radical (unpaired) electrons. The lowest BCUT2D eigenvalue weighted by atomic mass is 10.00. The third-order valence-electron chi connectivity index (χ3n) is 4.57. The van der Waals surface area contributed by atoms with Crippen molar-refractivity contribution in [3.8, 4) is 6.07 Å². The van der Waals surface area contributed by atoms with Gasteiger partial charge in [-0.05, 0) is 30.7 Å². The maximum Gasteiger partial charge on any atom is 0.131 e. The van der Waals surface area contributed by atoms with Crippen LogP contribution in [0.4, 0.5) is 0 Å². The number of nitrogens with zero attached hydrogens (tertiary/aromatic N) is 3. The molecule has 5 heteroatoms. The minimum Gasteiger partial charge on any atom is -0.492 e. The van der Waals surface area contributed by atoms with Gasteiger partial charge in [0.15, 0.2) is 0 Å². The Bertz CT molecular complexity index is 875. The summed E-state index contributed by atoms with van der Waals surface area (Å²) >= 11 is 0. The predicted molar refractivity (Wildman–Crippen MR) is 99.3 cm³/mol. The van der Waals surface area contributed by atoms with Crippen molar-refractivity contribution in [1.82, 2.24) is 4.90 Å². The predicted octanol–water partition coefficient (Wildman–Crippen LogP) is 4.00. The van der Waals surface area contributed by atoms with E-state index in [9.17, 15) is 5.26 Å². The lowest BCUT2D eigenvalue weighted by molar-refractivity contribution is 0.184. The molecule has 0 saturated heterocycles. The maximum atomic E-state index is 9.32. The first-order valence-electron chi connectivity index (χ1n) is 8.65. The first kappa shape index (κ1) is 16.2. The van der Waals surface area contributed by atoms with Crippen molar-refractivity contribution in [2.24, 2.45) is 4.99 Å². The van der Waals surface area contributed by atoms with E-state index in [1.165, 1.54) is 5.57 Å². The van der Waals surface area contributed by atoms with Crippen LogP contribution in [0.5, 0.6) is 0 Å². The van der Waals surface area contributed by atoms with Crippen LogP contribution in [-0.2, 0) is 9.47 Å². The van der Waals surface area contributed by atoms with Crippen molar-refractivity contribution < 1.29 is 9.47 Å². The molecule has 4 rings (SSSR count). The Morgan fingerprint density at radius 3 is 3.15 bits per heavy atom. The number of hydrogen-bond acceptors (Lipinski definition) is 5. The van der Waals surface area contributed by atoms with Gasteiger partial charge < -0.3 is 14.4 Å². The molecule has 0 spiro atoms. The van der Waals surface area contributed by atoms with E-state index in [1.807, 2.05) is 36.7 Å². The van der Waals surface area contributed by atoms with E-state index in [0.717, 1.165) is 30.0 Å². The van der Waals surface area contributed by atoms with Crippen LogP contribution in [0, 0.1) is 11.3 Å². The fourth-order valence-electron chi connectivity index (χ4n) is 3.24. The van der Waals surface area contributed by atoms with E-state index in [-0.39, 0.29) is 6.10 Å². The zero-order valence-electron chi connectivity index (χ0n) is 14.3. The minimum absolute atomic E-state index is 0.0462. The first-order valence-corrected chi connectivity index (χ1v) is 8.65. The second-order valence-corrected chi connectivity index (χ2v) is 6.36. The zero-order valence-corrected chi connectivity index (χ0v) is 14.3. The molecule has 0 aromatic heterocycles. The number of allylic oxidation sites excluding steroid dienone is 7. The topological polar surface area (TPSA) is 57.9 Å². The van der Waals surface area contributed by atoms with Crippen molar-refractivity contribution in [1.29, 1.82) is 5.26 Å². The standard InChI is InChI=1S/C21H19N3O2/c22-12-17-5-1-7-18-11-21(20-13-23-15-24(18)20)25-9-3-6-16-4-2-8-19(10-16)26-14-17/h1-5,7-9,14-15,19H,6,10-11,13H2/b5-1?,9-3+,17-14?,18-7+. The average molecular weight is 345 g/mol. The van der Waals surface area contributed by atoms with Gasteiger partial charge in [-0.25, -0.2) is 0 Å². The van der Waals surface area contributed by atoms with Crippen LogP contribution in [0.3, 0.4) is 0 Å². The van der Waals surface area contributed by atoms with Crippen molar-refractivity contribution in [2.75, 3.05) is 6.54 Å². The number of hydrogen-bond donors (Lipinski definition) is 0. The van der Waals surface area contributed by atoms with Gasteiger partial charge in [0.1, 0.15) is 24.2 Å². The molecule has 1 unspecified atom stereocenters. The number of nitriles is 1. The molecule has 3 aliphatic heterocycles. The van der Waals surface area contributed by atoms with Gasteiger partial charge in [-0.1, -0.05) is 23.8 Å². The van der Waals surface area contributed by atoms with Crippen molar-refractivity contribution >= 4 is 6.34 Å². The summed E-state index contributed by atoms with van der Waals surface area (Å²) in [6.07, 6.45) is 21.2. The normalized spacial score (nSPS) is 27.6. The maximum absolute atomic E-state index is 9.32. The van der Waals surface area contributed by atoms with E-state index in [0.29, 0.717) is 18.5 Å². The summed E-state index contributed by atoms with van der Waals surface area (Å²) < 4.78 is 11.7. The van der Waals surface area contributed by atoms with Gasteiger partial charge in [-0.2, -0.15) is 5.26 Å². The zero-order chi connectivity index (χ0) is 17.8. The molecule has 0 fully saturated rings. The largest absolute Gasteiger partial charge is 0.492 e. The van der Waals surface area contributed by atoms with Gasteiger partial charge >= 0.3 is 0 Å². The van der Waals surface area contributed by atoms with Crippen LogP contribution in [0.1, 0.15) is 19.3 Å². The summed E-state index contributed by atoms with van der Waals surface area (Å²) in [4.78, 5) is 6.38. The number of rotatable bonds is 0. The Labute approximate surface area is 152 Å². The molecule has 0 amide bonds. The summed E-state index contributed by atoms with van der Waals surface area (Å²) in [5.74, 6) is 0.931. The van der Waals surface area contributed by atoms with Crippen LogP contribution in [-0.4, -0.2) is 23.9 Å². The van der Waals surface area contributed by atoms with E-state index in [1.54, 1.807) is 18.6 Å². The minimum atomic E-state index is -0.0462. The van der Waals surface area contributed by atoms with Crippen molar-refractivity contribution in [3.63, 3.8) is 0 Å². The highest BCUT2D eigenvalue weighted by Crippen LogP contribution is 2.34. The first-order chi connectivity index (χ1) is 12.8. The molecule has 1 atom stereocenters. The molecule has 4 aliphatic rings. The lowest BCUT2D eigenvalue weighted by Gasteiger charge is -2.17. The molecule has 1 aliphatic carbocycles. The molecule has 0 aromatic rings. The van der Waals surface area contributed by atoms with Crippen LogP contribution in [0.25, 0.3) is 0 Å². The van der Waals surface area contributed by atoms with E-state index in [2.05, 4.69) is 22.0 Å². The molecule has 5 nitrogen and oxygen atoms in total. The Balaban J connectivity index is 1.63. The summed E-state index contributed by atoms with van der Waals surface area (Å²) in [7, 11) is 0. The second-order valence-electron chi connectivity index (χ2n) is 6.36. The van der Waals surface area contributed by atoms with Crippen LogP contribution >= 0.6 is 0 Å². The molecular formula is C21H19N3O2. The SMILES string of the molecule is N#CC1=COC2C=CC=C(C/C=C/OC3=C4CN=CN4/C(=C/C=C1)C3)C2. The Morgan fingerprint density at radius 1 is 1.27 bits per heavy atom. The summed E-state index contributed by atoms with van der Waals surface area (Å²) in [6.45, 7) is 0.638. The van der Waals surface area contributed by atoms with E-state index < -0.39 is 0 Å². The number of aliphatic imine (C=N–C) groups is 1. The van der Waals surface area contributed by atoms with Gasteiger partial charge in [-0.3, -0.25) is 4.99 Å². The van der Waals surface area contributed by atoms with Gasteiger partial charge in [0, 0.05) is 18.5 Å². The fraction of sp³-hybridized carbons (Fsp3) is 0.238. The van der Waals surface area contributed by atoms with Gasteiger partial charge in [-0.15, -0.1) is 0 Å². The van der Waals surface area contributed by atoms with Crippen molar-refractivity contribution in [2.45, 2.75) is 25.4 Å². The van der Waals surface area contributed by atoms with Crippen LogP contribution in [0.2, 0.25) is 0 Å². The lowest BCUT2D eigenvalue weighted by Crippen LogP contribution is -2.11. The smallest absolute Gasteiger partial charge is 0.131 e. The second kappa shape index (κ2) is 7.32. The monoisotopic (exact) mass is 345 g/mol. The number of fused-ring (bicyclic) bond motifs is 6. The Morgan fingerprint density at radius 2 is 2.23 bits per heavy atom. The summed E-state index contributed by atoms with van der Waals surface area (Å²) in [5.41, 5.74) is 3.91. The highest BCUT2D eigenvalue weighted by molar-refractivity contribution is 5.68. The highest BCUT2D eigenvalue weighted by atomic mass is 16.5. The molecule has 3 heterocycles. The Kier molecular flexibility index (Phi) is 4.57. The molecule has 26 heavy (non-hydrogen) atoms. The molecule has 130 valence electrons. The third kappa shape index (κ3) is 3.40. The van der Waals surface area contributed by atoms with Crippen LogP contribution < -0.4 is 0 Å². The van der Waals surface area contributed by atoms with Crippen molar-refractivity contribution in [3.05, 3.63) is 83.4 Å². The Hall–Kier alpha value is -3.26. The van der Waals surface area contributed by atoms with Gasteiger partial charge in [0.05, 0.1) is 30.4 Å². The van der Waals surface area contributed by atoms with E-state index >= 15 is 0 Å². The summed E-state index contributed by atoms with van der Waals surface area (Å²) in [5, 5.41) is 9.32. The van der Waals surface area contributed by atoms with Gasteiger partial charge in [0.2, 0.25) is 0 Å². The molecule has 4 bridgehead atoms.